The lowest BCUT2D eigenvalue weighted by Crippen LogP contribution is -2.39. The van der Waals surface area contributed by atoms with Crippen molar-refractivity contribution in [3.8, 4) is 5.75 Å². The number of H-pyrrole nitrogens is 1. The zero-order valence-corrected chi connectivity index (χ0v) is 17.2. The van der Waals surface area contributed by atoms with Gasteiger partial charge in [-0.1, -0.05) is 43.5 Å². The fourth-order valence-electron chi connectivity index (χ4n) is 5.00. The van der Waals surface area contributed by atoms with E-state index in [9.17, 15) is 9.90 Å². The Morgan fingerprint density at radius 1 is 1.03 bits per heavy atom. The second-order valence-electron chi connectivity index (χ2n) is 8.72. The summed E-state index contributed by atoms with van der Waals surface area (Å²) in [6.07, 6.45) is 8.17. The van der Waals surface area contributed by atoms with Crippen LogP contribution in [0.3, 0.4) is 0 Å². The smallest absolute Gasteiger partial charge is 0.254 e. The van der Waals surface area contributed by atoms with Gasteiger partial charge in [-0.3, -0.25) is 9.89 Å². The first-order chi connectivity index (χ1) is 14.7. The number of aromatic hydroxyl groups is 1. The van der Waals surface area contributed by atoms with E-state index in [1.165, 1.54) is 32.1 Å². The van der Waals surface area contributed by atoms with Gasteiger partial charge >= 0.3 is 0 Å². The molecule has 2 heterocycles. The zero-order chi connectivity index (χ0) is 20.5. The normalized spacial score (nSPS) is 20.5. The fraction of sp³-hybridized carbons (Fsp3) is 0.458. The third-order valence-electron chi connectivity index (χ3n) is 6.67. The number of aromatic nitrogens is 3. The number of benzene rings is 2. The van der Waals surface area contributed by atoms with Crippen molar-refractivity contribution >= 4 is 16.7 Å². The number of nitrogens with one attached hydrogen (secondary N) is 1. The van der Waals surface area contributed by atoms with Gasteiger partial charge in [-0.25, -0.2) is 4.98 Å². The molecule has 1 aliphatic carbocycles. The van der Waals surface area contributed by atoms with Gasteiger partial charge in [-0.2, -0.15) is 5.10 Å². The van der Waals surface area contributed by atoms with E-state index >= 15 is 0 Å². The first kappa shape index (κ1) is 19.1. The molecule has 2 N–H and O–H groups in total. The van der Waals surface area contributed by atoms with Crippen molar-refractivity contribution in [2.24, 2.45) is 0 Å². The average molecular weight is 405 g/mol. The summed E-state index contributed by atoms with van der Waals surface area (Å²) >= 11 is 0. The number of rotatable bonds is 3. The highest BCUT2D eigenvalue weighted by atomic mass is 16.3. The molecule has 0 bridgehead atoms. The van der Waals surface area contributed by atoms with E-state index in [-0.39, 0.29) is 17.6 Å². The molecule has 5 rings (SSSR count). The molecule has 2 aromatic carbocycles. The van der Waals surface area contributed by atoms with Crippen molar-refractivity contribution in [3.05, 3.63) is 53.6 Å². The topological polar surface area (TPSA) is 82.1 Å². The minimum absolute atomic E-state index is 0.0382. The Labute approximate surface area is 176 Å². The van der Waals surface area contributed by atoms with Gasteiger partial charge in [-0.15, -0.1) is 0 Å². The maximum atomic E-state index is 13.2. The van der Waals surface area contributed by atoms with Crippen LogP contribution in [0.1, 0.15) is 78.8 Å². The van der Waals surface area contributed by atoms with Crippen molar-refractivity contribution in [1.82, 2.24) is 20.1 Å². The van der Waals surface area contributed by atoms with Crippen molar-refractivity contribution in [2.45, 2.75) is 56.8 Å². The number of hydrogen-bond donors (Lipinski definition) is 2. The summed E-state index contributed by atoms with van der Waals surface area (Å²) in [7, 11) is 0. The van der Waals surface area contributed by atoms with Crippen LogP contribution in [0.15, 0.2) is 36.4 Å². The summed E-state index contributed by atoms with van der Waals surface area (Å²) in [6.45, 7) is 1.34. The molecule has 6 nitrogen and oxygen atoms in total. The summed E-state index contributed by atoms with van der Waals surface area (Å²) in [5, 5.41) is 19.7. The molecule has 1 aliphatic heterocycles. The number of likely N-dealkylation sites (tertiary alicyclic amines) is 1. The quantitative estimate of drug-likeness (QED) is 0.661. The average Bonchev–Trinajstić information content (AvgIpc) is 3.30. The molecule has 6 heteroatoms. The van der Waals surface area contributed by atoms with Crippen LogP contribution in [0.4, 0.5) is 0 Å². The minimum atomic E-state index is -0.0382. The Morgan fingerprint density at radius 2 is 1.83 bits per heavy atom. The van der Waals surface area contributed by atoms with Gasteiger partial charge in [0.05, 0.1) is 0 Å². The van der Waals surface area contributed by atoms with Gasteiger partial charge in [0.2, 0.25) is 0 Å². The lowest BCUT2D eigenvalue weighted by atomic mass is 9.89. The number of carbonyl (C=O) groups excluding carboxylic acids is 1. The van der Waals surface area contributed by atoms with Gasteiger partial charge in [0.1, 0.15) is 11.6 Å². The molecule has 3 aromatic rings. The molecule has 1 aromatic heterocycles. The van der Waals surface area contributed by atoms with Gasteiger partial charge in [0.25, 0.3) is 5.91 Å². The van der Waals surface area contributed by atoms with E-state index in [4.69, 9.17) is 4.98 Å². The summed E-state index contributed by atoms with van der Waals surface area (Å²) in [6, 6.07) is 11.0. The van der Waals surface area contributed by atoms with Gasteiger partial charge in [0, 0.05) is 35.9 Å². The van der Waals surface area contributed by atoms with Crippen molar-refractivity contribution < 1.29 is 9.90 Å². The zero-order valence-electron chi connectivity index (χ0n) is 17.2. The van der Waals surface area contributed by atoms with Crippen LogP contribution >= 0.6 is 0 Å². The van der Waals surface area contributed by atoms with E-state index in [1.54, 1.807) is 6.07 Å². The molecule has 1 saturated carbocycles. The van der Waals surface area contributed by atoms with Crippen LogP contribution in [0.25, 0.3) is 10.8 Å². The molecule has 2 fully saturated rings. The van der Waals surface area contributed by atoms with Gasteiger partial charge in [-0.05, 0) is 43.2 Å². The highest BCUT2D eigenvalue weighted by molar-refractivity contribution is 6.00. The molecule has 1 saturated heterocycles. The number of aromatic amines is 1. The van der Waals surface area contributed by atoms with Crippen LogP contribution in [-0.4, -0.2) is 44.2 Å². The second-order valence-corrected chi connectivity index (χ2v) is 8.72. The minimum Gasteiger partial charge on any atom is -0.507 e. The molecule has 0 spiro atoms. The van der Waals surface area contributed by atoms with Crippen LogP contribution < -0.4 is 0 Å². The Morgan fingerprint density at radius 3 is 2.70 bits per heavy atom. The molecular weight excluding hydrogens is 376 g/mol. The van der Waals surface area contributed by atoms with E-state index in [0.29, 0.717) is 18.0 Å². The van der Waals surface area contributed by atoms with Crippen molar-refractivity contribution in [2.75, 3.05) is 13.1 Å². The summed E-state index contributed by atoms with van der Waals surface area (Å²) in [5.41, 5.74) is 0.532. The van der Waals surface area contributed by atoms with Crippen LogP contribution in [-0.2, 0) is 0 Å². The molecule has 156 valence electrons. The van der Waals surface area contributed by atoms with Crippen LogP contribution in [0.5, 0.6) is 5.75 Å². The maximum absolute atomic E-state index is 13.2. The number of amides is 1. The Hall–Kier alpha value is -2.89. The number of phenolic OH excluding ortho intramolecular Hbond substituents is 1. The van der Waals surface area contributed by atoms with E-state index in [1.807, 2.05) is 35.2 Å². The Kier molecular flexibility index (Phi) is 5.15. The number of hydrogen-bond acceptors (Lipinski definition) is 4. The molecule has 30 heavy (non-hydrogen) atoms. The van der Waals surface area contributed by atoms with Crippen LogP contribution in [0.2, 0.25) is 0 Å². The first-order valence-electron chi connectivity index (χ1n) is 11.1. The third kappa shape index (κ3) is 3.66. The molecule has 2 aliphatic rings. The van der Waals surface area contributed by atoms with Crippen LogP contribution in [0, 0.1) is 0 Å². The maximum Gasteiger partial charge on any atom is 0.254 e. The molecule has 1 atom stereocenters. The first-order valence-corrected chi connectivity index (χ1v) is 11.1. The fourth-order valence-corrected chi connectivity index (χ4v) is 5.00. The van der Waals surface area contributed by atoms with Crippen molar-refractivity contribution in [3.63, 3.8) is 0 Å². The van der Waals surface area contributed by atoms with Gasteiger partial charge in [0.15, 0.2) is 5.82 Å². The molecular formula is C24H28N4O2. The number of carbonyl (C=O) groups is 1. The Balaban J connectivity index is 1.33. The third-order valence-corrected chi connectivity index (χ3v) is 6.67. The lowest BCUT2D eigenvalue weighted by molar-refractivity contribution is 0.0704. The largest absolute Gasteiger partial charge is 0.507 e. The lowest BCUT2D eigenvalue weighted by Gasteiger charge is -2.31. The van der Waals surface area contributed by atoms with Crippen molar-refractivity contribution in [1.29, 1.82) is 0 Å². The standard InChI is InChI=1S/C24H28N4O2/c29-21-14-19(13-17-9-4-5-11-20(17)21)24(30)28-12-6-10-18(15-28)23-25-22(26-27-23)16-7-2-1-3-8-16/h4-5,9,11,13-14,16,18,29H,1-3,6-8,10,12,15H2,(H,25,26,27). The predicted octanol–water partition coefficient (Wildman–Crippen LogP) is 4.73. The predicted molar refractivity (Wildman–Crippen MR) is 116 cm³/mol. The highest BCUT2D eigenvalue weighted by Crippen LogP contribution is 2.33. The molecule has 0 radical (unpaired) electrons. The molecule has 1 amide bonds. The number of phenols is 1. The monoisotopic (exact) mass is 404 g/mol. The summed E-state index contributed by atoms with van der Waals surface area (Å²) in [5.74, 6) is 2.63. The molecule has 1 unspecified atom stereocenters. The number of nitrogens with zero attached hydrogens (tertiary/aromatic N) is 3. The number of piperidine rings is 1. The SMILES string of the molecule is O=C(c1cc(O)c2ccccc2c1)N1CCCC(c2n[nH]c(C3CCCCC3)n2)C1. The van der Waals surface area contributed by atoms with Gasteiger partial charge < -0.3 is 10.0 Å². The van der Waals surface area contributed by atoms with E-state index in [2.05, 4.69) is 10.2 Å². The highest BCUT2D eigenvalue weighted by Gasteiger charge is 2.29. The number of fused-ring (bicyclic) bond motifs is 1. The summed E-state index contributed by atoms with van der Waals surface area (Å²) < 4.78 is 0. The Bertz CT molecular complexity index is 1050. The van der Waals surface area contributed by atoms with E-state index < -0.39 is 0 Å². The van der Waals surface area contributed by atoms with E-state index in [0.717, 1.165) is 41.8 Å². The summed E-state index contributed by atoms with van der Waals surface area (Å²) in [4.78, 5) is 19.9. The second kappa shape index (κ2) is 8.09.